The first kappa shape index (κ1) is 19.4. The third-order valence-corrected chi connectivity index (χ3v) is 4.64. The Bertz CT molecular complexity index is 1240. The highest BCUT2D eigenvalue weighted by atomic mass is 16.5. The molecular weight excluding hydrogens is 382 g/mol. The summed E-state index contributed by atoms with van der Waals surface area (Å²) in [5, 5.41) is 5.12. The summed E-state index contributed by atoms with van der Waals surface area (Å²) in [6.07, 6.45) is 0. The zero-order valence-corrected chi connectivity index (χ0v) is 16.7. The molecule has 0 spiro atoms. The molecule has 0 aliphatic heterocycles. The standard InChI is InChI=1S/C23H21N3O4/c1-3-29-23(28)19-13-20(27)24-22-21(19)15(2)25-26(22)14-16-9-11-18(12-10-16)30-17-7-5-4-6-8-17/h4-13H,3,14H2,1-2H3,(H,24,27). The molecule has 4 rings (SSSR count). The zero-order valence-electron chi connectivity index (χ0n) is 16.7. The van der Waals surface area contributed by atoms with Crippen LogP contribution in [0.4, 0.5) is 0 Å². The Morgan fingerprint density at radius 2 is 1.77 bits per heavy atom. The van der Waals surface area contributed by atoms with Gasteiger partial charge in [-0.05, 0) is 43.7 Å². The van der Waals surface area contributed by atoms with Crippen LogP contribution in [-0.4, -0.2) is 27.3 Å². The number of esters is 1. The number of benzene rings is 2. The Labute approximate surface area is 172 Å². The third-order valence-electron chi connectivity index (χ3n) is 4.64. The maximum atomic E-state index is 12.3. The molecule has 2 heterocycles. The molecule has 0 saturated carbocycles. The van der Waals surface area contributed by atoms with Crippen LogP contribution in [0.5, 0.6) is 11.5 Å². The molecule has 30 heavy (non-hydrogen) atoms. The maximum Gasteiger partial charge on any atom is 0.339 e. The molecule has 152 valence electrons. The predicted octanol–water partition coefficient (Wildman–Crippen LogP) is 4.05. The van der Waals surface area contributed by atoms with Gasteiger partial charge in [-0.25, -0.2) is 9.48 Å². The summed E-state index contributed by atoms with van der Waals surface area (Å²) in [4.78, 5) is 27.2. The Balaban J connectivity index is 1.63. The van der Waals surface area contributed by atoms with Crippen LogP contribution in [0.1, 0.15) is 28.5 Å². The van der Waals surface area contributed by atoms with Gasteiger partial charge in [0.2, 0.25) is 5.56 Å². The molecule has 0 aliphatic rings. The molecule has 0 radical (unpaired) electrons. The van der Waals surface area contributed by atoms with Crippen LogP contribution >= 0.6 is 0 Å². The van der Waals surface area contributed by atoms with E-state index in [1.807, 2.05) is 54.6 Å². The number of nitrogens with one attached hydrogen (secondary N) is 1. The van der Waals surface area contributed by atoms with E-state index >= 15 is 0 Å². The number of pyridine rings is 1. The van der Waals surface area contributed by atoms with E-state index in [2.05, 4.69) is 10.1 Å². The molecule has 1 N–H and O–H groups in total. The summed E-state index contributed by atoms with van der Waals surface area (Å²) in [5.74, 6) is 0.964. The minimum Gasteiger partial charge on any atom is -0.462 e. The molecule has 7 heteroatoms. The monoisotopic (exact) mass is 403 g/mol. The van der Waals surface area contributed by atoms with Crippen molar-refractivity contribution in [2.24, 2.45) is 0 Å². The minimum atomic E-state index is -0.529. The number of aromatic nitrogens is 3. The lowest BCUT2D eigenvalue weighted by atomic mass is 10.1. The highest BCUT2D eigenvalue weighted by Crippen LogP contribution is 2.23. The fraction of sp³-hybridized carbons (Fsp3) is 0.174. The normalized spacial score (nSPS) is 10.9. The number of carbonyl (C=O) groups excluding carboxylic acids is 1. The Hall–Kier alpha value is -3.87. The van der Waals surface area contributed by atoms with E-state index < -0.39 is 5.97 Å². The highest BCUT2D eigenvalue weighted by molar-refractivity contribution is 6.03. The summed E-state index contributed by atoms with van der Waals surface area (Å²) in [5.41, 5.74) is 1.97. The van der Waals surface area contributed by atoms with Crippen molar-refractivity contribution in [1.29, 1.82) is 0 Å². The molecule has 2 aromatic carbocycles. The molecule has 0 fully saturated rings. The molecule has 2 aromatic heterocycles. The SMILES string of the molecule is CCOC(=O)c1cc(=O)[nH]c2c1c(C)nn2Cc1ccc(Oc2ccccc2)cc1. The molecule has 0 aliphatic carbocycles. The number of nitrogens with zero attached hydrogens (tertiary/aromatic N) is 2. The lowest BCUT2D eigenvalue weighted by Crippen LogP contribution is -2.14. The first-order valence-electron chi connectivity index (χ1n) is 9.64. The zero-order chi connectivity index (χ0) is 21.1. The first-order chi connectivity index (χ1) is 14.5. The van der Waals surface area contributed by atoms with E-state index in [9.17, 15) is 9.59 Å². The summed E-state index contributed by atoms with van der Waals surface area (Å²) in [7, 11) is 0. The second kappa shape index (κ2) is 8.24. The maximum absolute atomic E-state index is 12.3. The number of aromatic amines is 1. The average molecular weight is 403 g/mol. The van der Waals surface area contributed by atoms with Gasteiger partial charge in [0.05, 0.1) is 29.8 Å². The number of H-pyrrole nitrogens is 1. The van der Waals surface area contributed by atoms with Crippen LogP contribution in [0.25, 0.3) is 11.0 Å². The molecule has 0 bridgehead atoms. The smallest absolute Gasteiger partial charge is 0.339 e. The quantitative estimate of drug-likeness (QED) is 0.491. The van der Waals surface area contributed by atoms with E-state index in [1.54, 1.807) is 18.5 Å². The van der Waals surface area contributed by atoms with Crippen molar-refractivity contribution < 1.29 is 14.3 Å². The van der Waals surface area contributed by atoms with Gasteiger partial charge in [0.15, 0.2) is 0 Å². The highest BCUT2D eigenvalue weighted by Gasteiger charge is 2.19. The molecule has 0 saturated heterocycles. The van der Waals surface area contributed by atoms with Crippen LogP contribution in [0.15, 0.2) is 65.5 Å². The van der Waals surface area contributed by atoms with Gasteiger partial charge in [-0.1, -0.05) is 30.3 Å². The van der Waals surface area contributed by atoms with Gasteiger partial charge in [-0.15, -0.1) is 0 Å². The van der Waals surface area contributed by atoms with Crippen LogP contribution in [0.2, 0.25) is 0 Å². The number of ether oxygens (including phenoxy) is 2. The lowest BCUT2D eigenvalue weighted by Gasteiger charge is -2.08. The van der Waals surface area contributed by atoms with E-state index in [-0.39, 0.29) is 17.7 Å². The van der Waals surface area contributed by atoms with Crippen molar-refractivity contribution in [2.75, 3.05) is 6.61 Å². The number of carbonyl (C=O) groups is 1. The number of aryl methyl sites for hydroxylation is 1. The van der Waals surface area contributed by atoms with Gasteiger partial charge < -0.3 is 14.5 Å². The van der Waals surface area contributed by atoms with E-state index in [0.29, 0.717) is 23.3 Å². The van der Waals surface area contributed by atoms with Crippen LogP contribution in [0, 0.1) is 6.92 Å². The Morgan fingerprint density at radius 1 is 1.07 bits per heavy atom. The van der Waals surface area contributed by atoms with Crippen LogP contribution in [0.3, 0.4) is 0 Å². The summed E-state index contributed by atoms with van der Waals surface area (Å²) < 4.78 is 12.6. The summed E-state index contributed by atoms with van der Waals surface area (Å²) >= 11 is 0. The van der Waals surface area contributed by atoms with Crippen molar-refractivity contribution in [3.8, 4) is 11.5 Å². The van der Waals surface area contributed by atoms with Gasteiger partial charge in [0.25, 0.3) is 0 Å². The summed E-state index contributed by atoms with van der Waals surface area (Å²) in [6.45, 7) is 4.19. The minimum absolute atomic E-state index is 0.228. The second-order valence-electron chi connectivity index (χ2n) is 6.79. The van der Waals surface area contributed by atoms with Crippen LogP contribution in [-0.2, 0) is 11.3 Å². The number of para-hydroxylation sites is 1. The molecule has 0 atom stereocenters. The van der Waals surface area contributed by atoms with Crippen LogP contribution < -0.4 is 10.3 Å². The van der Waals surface area contributed by atoms with Crippen molar-refractivity contribution in [3.63, 3.8) is 0 Å². The van der Waals surface area contributed by atoms with Crippen molar-refractivity contribution >= 4 is 17.0 Å². The molecular formula is C23H21N3O4. The first-order valence-corrected chi connectivity index (χ1v) is 9.64. The van der Waals surface area contributed by atoms with Gasteiger partial charge in [0, 0.05) is 6.07 Å². The van der Waals surface area contributed by atoms with Gasteiger partial charge in [0.1, 0.15) is 17.1 Å². The van der Waals surface area contributed by atoms with Crippen molar-refractivity contribution in [2.45, 2.75) is 20.4 Å². The van der Waals surface area contributed by atoms with E-state index in [1.165, 1.54) is 6.07 Å². The Kier molecular flexibility index (Phi) is 5.34. The predicted molar refractivity (Wildman–Crippen MR) is 113 cm³/mol. The largest absolute Gasteiger partial charge is 0.462 e. The fourth-order valence-electron chi connectivity index (χ4n) is 3.33. The van der Waals surface area contributed by atoms with E-state index in [4.69, 9.17) is 9.47 Å². The Morgan fingerprint density at radius 3 is 2.47 bits per heavy atom. The molecule has 4 aromatic rings. The second-order valence-corrected chi connectivity index (χ2v) is 6.79. The fourth-order valence-corrected chi connectivity index (χ4v) is 3.33. The summed E-state index contributed by atoms with van der Waals surface area (Å²) in [6, 6.07) is 18.5. The van der Waals surface area contributed by atoms with Gasteiger partial charge in [-0.3, -0.25) is 4.79 Å². The van der Waals surface area contributed by atoms with Crippen molar-refractivity contribution in [1.82, 2.24) is 14.8 Å². The number of hydrogen-bond acceptors (Lipinski definition) is 5. The van der Waals surface area contributed by atoms with Gasteiger partial charge >= 0.3 is 5.97 Å². The molecule has 7 nitrogen and oxygen atoms in total. The third kappa shape index (κ3) is 3.96. The molecule has 0 amide bonds. The number of rotatable bonds is 6. The van der Waals surface area contributed by atoms with Gasteiger partial charge in [-0.2, -0.15) is 5.10 Å². The number of fused-ring (bicyclic) bond motifs is 1. The number of hydrogen-bond donors (Lipinski definition) is 1. The lowest BCUT2D eigenvalue weighted by molar-refractivity contribution is 0.0528. The average Bonchev–Trinajstić information content (AvgIpc) is 3.05. The van der Waals surface area contributed by atoms with Crippen molar-refractivity contribution in [3.05, 3.63) is 87.8 Å². The topological polar surface area (TPSA) is 86.2 Å². The van der Waals surface area contributed by atoms with E-state index in [0.717, 1.165) is 17.1 Å². The molecule has 0 unspecified atom stereocenters.